The van der Waals surface area contributed by atoms with Gasteiger partial charge in [-0.25, -0.2) is 0 Å². The Morgan fingerprint density at radius 2 is 1.23 bits per heavy atom. The monoisotopic (exact) mass is 396 g/mol. The van der Waals surface area contributed by atoms with Crippen molar-refractivity contribution < 1.29 is 0 Å². The molecule has 0 heterocycles. The van der Waals surface area contributed by atoms with E-state index in [0.29, 0.717) is 0 Å². The predicted octanol–water partition coefficient (Wildman–Crippen LogP) is 7.74. The van der Waals surface area contributed by atoms with Crippen LogP contribution in [0.15, 0.2) is 115 Å². The molecule has 0 saturated carbocycles. The van der Waals surface area contributed by atoms with Crippen molar-refractivity contribution in [2.45, 2.75) is 6.92 Å². The quantitative estimate of drug-likeness (QED) is 0.309. The largest absolute Gasteiger partial charge is 0.0623 e. The lowest BCUT2D eigenvalue weighted by Crippen LogP contribution is -2.01. The molecule has 1 aliphatic carbocycles. The molecule has 0 N–H and O–H groups in total. The van der Waals surface area contributed by atoms with Gasteiger partial charge in [0, 0.05) is 0 Å². The topological polar surface area (TPSA) is 0 Å². The van der Waals surface area contributed by atoms with Gasteiger partial charge in [-0.05, 0) is 56.4 Å². The zero-order valence-corrected chi connectivity index (χ0v) is 17.6. The molecule has 31 heavy (non-hydrogen) atoms. The van der Waals surface area contributed by atoms with Gasteiger partial charge in [-0.15, -0.1) is 0 Å². The predicted molar refractivity (Wildman–Crippen MR) is 136 cm³/mol. The average molecular weight is 397 g/mol. The molecule has 0 unspecified atom stereocenters. The Balaban J connectivity index is 2.04. The number of benzene rings is 2. The Morgan fingerprint density at radius 1 is 0.548 bits per heavy atom. The highest BCUT2D eigenvalue weighted by Gasteiger charge is 2.08. The van der Waals surface area contributed by atoms with Crippen LogP contribution >= 0.6 is 0 Å². The maximum Gasteiger partial charge on any atom is -0.00266 e. The Kier molecular flexibility index (Phi) is 5.21. The van der Waals surface area contributed by atoms with Crippen molar-refractivity contribution in [3.8, 4) is 11.1 Å². The van der Waals surface area contributed by atoms with Crippen LogP contribution < -0.4 is 5.22 Å². The third kappa shape index (κ3) is 3.93. The van der Waals surface area contributed by atoms with Gasteiger partial charge in [-0.1, -0.05) is 127 Å². The molecule has 0 heteroatoms. The molecular weight excluding hydrogens is 372 g/mol. The average Bonchev–Trinajstić information content (AvgIpc) is 2.79. The SMILES string of the molecule is Cc1ccc2cc(-c3c4cccccccc3-c3cccccc-4ccc3)ccc2c1. The first kappa shape index (κ1) is 19.1. The van der Waals surface area contributed by atoms with E-state index in [-0.39, 0.29) is 0 Å². The van der Waals surface area contributed by atoms with E-state index in [1.165, 1.54) is 49.0 Å². The van der Waals surface area contributed by atoms with E-state index in [2.05, 4.69) is 134 Å². The first-order valence-electron chi connectivity index (χ1n) is 10.7. The maximum atomic E-state index is 2.32. The number of rotatable bonds is 1. The van der Waals surface area contributed by atoms with Gasteiger partial charge in [0.15, 0.2) is 0 Å². The third-order valence-corrected chi connectivity index (χ3v) is 5.74. The van der Waals surface area contributed by atoms with Crippen molar-refractivity contribution in [1.82, 2.24) is 0 Å². The second kappa shape index (κ2) is 8.45. The van der Waals surface area contributed by atoms with Gasteiger partial charge < -0.3 is 0 Å². The Labute approximate surface area is 183 Å². The number of fused-ring (bicyclic) bond motifs is 1. The second-order valence-corrected chi connectivity index (χ2v) is 7.91. The van der Waals surface area contributed by atoms with Gasteiger partial charge in [-0.3, -0.25) is 0 Å². The van der Waals surface area contributed by atoms with E-state index in [9.17, 15) is 0 Å². The fourth-order valence-electron chi connectivity index (χ4n) is 4.23. The molecule has 4 aromatic rings. The number of allylic oxidation sites excluding steroid dienone is 1. The van der Waals surface area contributed by atoms with E-state index < -0.39 is 0 Å². The van der Waals surface area contributed by atoms with Crippen LogP contribution in [0, 0.1) is 6.92 Å². The fraction of sp³-hybridized carbons (Fsp3) is 0.0323. The smallest absolute Gasteiger partial charge is 0.00266 e. The van der Waals surface area contributed by atoms with Gasteiger partial charge in [0.05, 0.1) is 0 Å². The molecular formula is C31H24. The lowest BCUT2D eigenvalue weighted by Gasteiger charge is -2.11. The van der Waals surface area contributed by atoms with E-state index in [4.69, 9.17) is 0 Å². The minimum Gasteiger partial charge on any atom is -0.0623 e. The van der Waals surface area contributed by atoms with Crippen LogP contribution in [0.5, 0.6) is 0 Å². The summed E-state index contributed by atoms with van der Waals surface area (Å²) in [5.41, 5.74) is 4.96. The number of hydrogen-bond acceptors (Lipinski definition) is 0. The summed E-state index contributed by atoms with van der Waals surface area (Å²) in [5, 5.41) is 6.18. The summed E-state index contributed by atoms with van der Waals surface area (Å²) in [6, 6.07) is 39.2. The Bertz CT molecular complexity index is 1490. The van der Waals surface area contributed by atoms with Crippen LogP contribution in [-0.4, -0.2) is 0 Å². The summed E-state index contributed by atoms with van der Waals surface area (Å²) < 4.78 is 0. The van der Waals surface area contributed by atoms with Crippen LogP contribution in [0.1, 0.15) is 11.1 Å². The normalized spacial score (nSPS) is 11.5. The molecule has 0 spiro atoms. The van der Waals surface area contributed by atoms with Crippen LogP contribution in [0.3, 0.4) is 0 Å². The molecule has 0 atom stereocenters. The van der Waals surface area contributed by atoms with Crippen LogP contribution in [-0.2, 0) is 0 Å². The summed E-state index contributed by atoms with van der Waals surface area (Å²) in [6.07, 6.45) is 6.56. The van der Waals surface area contributed by atoms with Gasteiger partial charge in [0.2, 0.25) is 0 Å². The zero-order valence-electron chi connectivity index (χ0n) is 17.6. The molecule has 4 aromatic carbocycles. The molecule has 1 aliphatic rings. The molecule has 0 radical (unpaired) electrons. The summed E-state index contributed by atoms with van der Waals surface area (Å²) in [6.45, 7) is 2.14. The minimum atomic E-state index is 1.20. The summed E-state index contributed by atoms with van der Waals surface area (Å²) in [7, 11) is 0. The summed E-state index contributed by atoms with van der Waals surface area (Å²) in [4.78, 5) is 0. The molecule has 0 aromatic heterocycles. The second-order valence-electron chi connectivity index (χ2n) is 7.91. The molecule has 5 rings (SSSR count). The highest BCUT2D eigenvalue weighted by Crippen LogP contribution is 2.32. The van der Waals surface area contributed by atoms with Crippen molar-refractivity contribution in [3.05, 3.63) is 132 Å². The van der Waals surface area contributed by atoms with Crippen LogP contribution in [0.2, 0.25) is 0 Å². The third-order valence-electron chi connectivity index (χ3n) is 5.74. The lowest BCUT2D eigenvalue weighted by molar-refractivity contribution is 1.51. The maximum absolute atomic E-state index is 2.32. The van der Waals surface area contributed by atoms with Gasteiger partial charge >= 0.3 is 0 Å². The van der Waals surface area contributed by atoms with Crippen molar-refractivity contribution in [3.63, 3.8) is 0 Å². The van der Waals surface area contributed by atoms with Crippen molar-refractivity contribution >= 4 is 33.7 Å². The molecule has 0 nitrogen and oxygen atoms in total. The van der Waals surface area contributed by atoms with Gasteiger partial charge in [0.1, 0.15) is 0 Å². The highest BCUT2D eigenvalue weighted by atomic mass is 14.1. The molecule has 0 saturated heterocycles. The molecule has 0 fully saturated rings. The summed E-state index contributed by atoms with van der Waals surface area (Å²) >= 11 is 0. The van der Waals surface area contributed by atoms with E-state index in [1.807, 2.05) is 0 Å². The van der Waals surface area contributed by atoms with Gasteiger partial charge in [-0.2, -0.15) is 0 Å². The highest BCUT2D eigenvalue weighted by molar-refractivity contribution is 6.02. The van der Waals surface area contributed by atoms with E-state index >= 15 is 0 Å². The van der Waals surface area contributed by atoms with Gasteiger partial charge in [0.25, 0.3) is 0 Å². The van der Waals surface area contributed by atoms with E-state index in [0.717, 1.165) is 0 Å². The number of aryl methyl sites for hydroxylation is 1. The zero-order chi connectivity index (χ0) is 21.0. The minimum absolute atomic E-state index is 1.20. The molecule has 0 aliphatic heterocycles. The van der Waals surface area contributed by atoms with Crippen molar-refractivity contribution in [2.24, 2.45) is 0 Å². The van der Waals surface area contributed by atoms with E-state index in [1.54, 1.807) is 0 Å². The molecule has 0 amide bonds. The van der Waals surface area contributed by atoms with Crippen molar-refractivity contribution in [2.75, 3.05) is 0 Å². The standard InChI is InChI=1S/C31H24/c1-23-17-18-27-22-28(20-19-26(27)21-23)31-29-15-8-3-2-4-9-16-30(31)25-12-7-5-6-11-24(29)13-10-14-25/h2-22H,1H3. The fourth-order valence-corrected chi connectivity index (χ4v) is 4.23. The number of hydrogen-bond donors (Lipinski definition) is 0. The van der Waals surface area contributed by atoms with Crippen molar-refractivity contribution in [1.29, 1.82) is 0 Å². The molecule has 4 bridgehead atoms. The lowest BCUT2D eigenvalue weighted by atomic mass is 9.93. The summed E-state index contributed by atoms with van der Waals surface area (Å²) in [5.74, 6) is 0. The Morgan fingerprint density at radius 3 is 2.13 bits per heavy atom. The van der Waals surface area contributed by atoms with Crippen LogP contribution in [0.25, 0.3) is 44.8 Å². The Hall–Kier alpha value is -3.90. The first-order valence-corrected chi connectivity index (χ1v) is 10.7. The van der Waals surface area contributed by atoms with Crippen LogP contribution in [0.4, 0.5) is 0 Å². The first-order chi connectivity index (χ1) is 15.3. The molecule has 148 valence electrons.